The molecule has 0 aliphatic heterocycles. The van der Waals surface area contributed by atoms with Crippen LogP contribution in [0.1, 0.15) is 21.1 Å². The number of halogens is 1. The average Bonchev–Trinajstić information content (AvgIpc) is 2.70. The Bertz CT molecular complexity index is 524. The molecule has 2 rings (SSSR count). The maximum atomic E-state index is 10.7. The second kappa shape index (κ2) is 4.76. The Morgan fingerprint density at radius 2 is 2.19 bits per heavy atom. The lowest BCUT2D eigenvalue weighted by Crippen LogP contribution is -1.97. The normalized spacial score (nSPS) is 10.3. The van der Waals surface area contributed by atoms with Crippen LogP contribution in [0, 0.1) is 0 Å². The van der Waals surface area contributed by atoms with E-state index in [1.54, 1.807) is 5.38 Å². The number of thiazole rings is 1. The topological polar surface area (TPSA) is 50.2 Å². The van der Waals surface area contributed by atoms with Crippen LogP contribution in [0.3, 0.4) is 0 Å². The number of nitrogens with zero attached hydrogens (tertiary/aromatic N) is 1. The third kappa shape index (κ3) is 2.48. The van der Waals surface area contributed by atoms with Crippen molar-refractivity contribution in [1.82, 2.24) is 4.98 Å². The zero-order chi connectivity index (χ0) is 11.5. The first-order valence-corrected chi connectivity index (χ1v) is 6.25. The van der Waals surface area contributed by atoms with Gasteiger partial charge in [-0.2, -0.15) is 0 Å². The number of benzene rings is 1. The molecule has 3 nitrogen and oxygen atoms in total. The summed E-state index contributed by atoms with van der Waals surface area (Å²) in [6, 6.07) is 7.84. The SMILES string of the molecule is O=C(O)c1csc(Cc2ccccc2Br)n1. The molecule has 1 aromatic heterocycles. The van der Waals surface area contributed by atoms with E-state index in [9.17, 15) is 4.79 Å². The van der Waals surface area contributed by atoms with Gasteiger partial charge in [0.25, 0.3) is 0 Å². The molecule has 1 heterocycles. The molecular weight excluding hydrogens is 290 g/mol. The van der Waals surface area contributed by atoms with E-state index in [1.165, 1.54) is 11.3 Å². The minimum absolute atomic E-state index is 0.118. The summed E-state index contributed by atoms with van der Waals surface area (Å²) in [6.07, 6.45) is 0.652. The first-order valence-electron chi connectivity index (χ1n) is 4.58. The lowest BCUT2D eigenvalue weighted by molar-refractivity contribution is 0.0691. The van der Waals surface area contributed by atoms with E-state index >= 15 is 0 Å². The van der Waals surface area contributed by atoms with Crippen molar-refractivity contribution in [3.8, 4) is 0 Å². The molecule has 0 atom stereocenters. The molecule has 0 unspecified atom stereocenters. The Kier molecular flexibility index (Phi) is 3.36. The second-order valence-electron chi connectivity index (χ2n) is 3.20. The Morgan fingerprint density at radius 3 is 2.81 bits per heavy atom. The fraction of sp³-hybridized carbons (Fsp3) is 0.0909. The summed E-state index contributed by atoms with van der Waals surface area (Å²) in [7, 11) is 0. The van der Waals surface area contributed by atoms with Gasteiger partial charge in [0, 0.05) is 16.3 Å². The van der Waals surface area contributed by atoms with E-state index in [1.807, 2.05) is 24.3 Å². The highest BCUT2D eigenvalue weighted by Gasteiger charge is 2.09. The summed E-state index contributed by atoms with van der Waals surface area (Å²) in [5, 5.41) is 11.1. The molecule has 1 N–H and O–H groups in total. The Labute approximate surface area is 105 Å². The lowest BCUT2D eigenvalue weighted by atomic mass is 10.2. The molecule has 0 aliphatic rings. The fourth-order valence-corrected chi connectivity index (χ4v) is 2.51. The van der Waals surface area contributed by atoms with Crippen molar-refractivity contribution >= 4 is 33.2 Å². The number of hydrogen-bond donors (Lipinski definition) is 1. The number of hydrogen-bond acceptors (Lipinski definition) is 3. The third-order valence-corrected chi connectivity index (χ3v) is 3.69. The van der Waals surface area contributed by atoms with E-state index in [-0.39, 0.29) is 5.69 Å². The average molecular weight is 298 g/mol. The van der Waals surface area contributed by atoms with Gasteiger partial charge in [0.05, 0.1) is 5.01 Å². The first kappa shape index (κ1) is 11.3. The second-order valence-corrected chi connectivity index (χ2v) is 5.00. The highest BCUT2D eigenvalue weighted by Crippen LogP contribution is 2.21. The molecular formula is C11H8BrNO2S. The minimum Gasteiger partial charge on any atom is -0.476 e. The van der Waals surface area contributed by atoms with Crippen LogP contribution in [0.25, 0.3) is 0 Å². The molecule has 82 valence electrons. The predicted octanol–water partition coefficient (Wildman–Crippen LogP) is 3.19. The molecule has 0 spiro atoms. The summed E-state index contributed by atoms with van der Waals surface area (Å²) < 4.78 is 1.02. The van der Waals surface area contributed by atoms with Crippen molar-refractivity contribution in [3.63, 3.8) is 0 Å². The molecule has 2 aromatic rings. The van der Waals surface area contributed by atoms with Gasteiger partial charge in [0.15, 0.2) is 5.69 Å². The summed E-state index contributed by atoms with van der Waals surface area (Å²) in [5.74, 6) is -0.977. The zero-order valence-corrected chi connectivity index (χ0v) is 10.6. The van der Waals surface area contributed by atoms with Crippen LogP contribution in [-0.4, -0.2) is 16.1 Å². The number of carboxylic acid groups (broad SMARTS) is 1. The van der Waals surface area contributed by atoms with Crippen LogP contribution < -0.4 is 0 Å². The van der Waals surface area contributed by atoms with E-state index in [4.69, 9.17) is 5.11 Å². The Morgan fingerprint density at radius 1 is 1.44 bits per heavy atom. The van der Waals surface area contributed by atoms with Gasteiger partial charge in [-0.3, -0.25) is 0 Å². The summed E-state index contributed by atoms with van der Waals surface area (Å²) in [5.41, 5.74) is 1.22. The van der Waals surface area contributed by atoms with Gasteiger partial charge in [-0.05, 0) is 11.6 Å². The molecule has 0 radical (unpaired) electrons. The molecule has 5 heteroatoms. The van der Waals surface area contributed by atoms with Crippen molar-refractivity contribution in [2.75, 3.05) is 0 Å². The van der Waals surface area contributed by atoms with E-state index in [0.29, 0.717) is 6.42 Å². The zero-order valence-electron chi connectivity index (χ0n) is 8.18. The monoisotopic (exact) mass is 297 g/mol. The standard InChI is InChI=1S/C11H8BrNO2S/c12-8-4-2-1-3-7(8)5-10-13-9(6-16-10)11(14)15/h1-4,6H,5H2,(H,14,15). The highest BCUT2D eigenvalue weighted by atomic mass is 79.9. The van der Waals surface area contributed by atoms with Gasteiger partial charge in [0.2, 0.25) is 0 Å². The largest absolute Gasteiger partial charge is 0.476 e. The van der Waals surface area contributed by atoms with Crippen LogP contribution in [0.5, 0.6) is 0 Å². The van der Waals surface area contributed by atoms with E-state index < -0.39 is 5.97 Å². The van der Waals surface area contributed by atoms with Crippen LogP contribution in [-0.2, 0) is 6.42 Å². The number of carboxylic acids is 1. The molecule has 0 aliphatic carbocycles. The third-order valence-electron chi connectivity index (χ3n) is 2.07. The van der Waals surface area contributed by atoms with Crippen LogP contribution in [0.2, 0.25) is 0 Å². The van der Waals surface area contributed by atoms with Gasteiger partial charge < -0.3 is 5.11 Å². The summed E-state index contributed by atoms with van der Waals surface area (Å²) >= 11 is 4.82. The maximum Gasteiger partial charge on any atom is 0.355 e. The fourth-order valence-electron chi connectivity index (χ4n) is 1.29. The number of carbonyl (C=O) groups is 1. The Balaban J connectivity index is 2.21. The summed E-state index contributed by atoms with van der Waals surface area (Å²) in [4.78, 5) is 14.7. The predicted molar refractivity (Wildman–Crippen MR) is 66.0 cm³/mol. The van der Waals surface area contributed by atoms with E-state index in [0.717, 1.165) is 15.0 Å². The molecule has 1 aromatic carbocycles. The van der Waals surface area contributed by atoms with Crippen molar-refractivity contribution in [2.24, 2.45) is 0 Å². The van der Waals surface area contributed by atoms with Gasteiger partial charge in [-0.1, -0.05) is 34.1 Å². The van der Waals surface area contributed by atoms with Gasteiger partial charge in [-0.25, -0.2) is 9.78 Å². The number of rotatable bonds is 3. The molecule has 16 heavy (non-hydrogen) atoms. The van der Waals surface area contributed by atoms with E-state index in [2.05, 4.69) is 20.9 Å². The van der Waals surface area contributed by atoms with Crippen molar-refractivity contribution < 1.29 is 9.90 Å². The van der Waals surface area contributed by atoms with Crippen molar-refractivity contribution in [2.45, 2.75) is 6.42 Å². The van der Waals surface area contributed by atoms with Crippen LogP contribution in [0.15, 0.2) is 34.1 Å². The molecule has 0 saturated carbocycles. The van der Waals surface area contributed by atoms with Gasteiger partial charge in [-0.15, -0.1) is 11.3 Å². The minimum atomic E-state index is -0.977. The lowest BCUT2D eigenvalue weighted by Gasteiger charge is -2.00. The molecule has 0 bridgehead atoms. The number of aromatic carboxylic acids is 1. The molecule has 0 saturated heterocycles. The smallest absolute Gasteiger partial charge is 0.355 e. The maximum absolute atomic E-state index is 10.7. The highest BCUT2D eigenvalue weighted by molar-refractivity contribution is 9.10. The molecule has 0 fully saturated rings. The van der Waals surface area contributed by atoms with Crippen molar-refractivity contribution in [3.05, 3.63) is 50.4 Å². The first-order chi connectivity index (χ1) is 7.66. The summed E-state index contributed by atoms with van der Waals surface area (Å²) in [6.45, 7) is 0. The van der Waals surface area contributed by atoms with Gasteiger partial charge >= 0.3 is 5.97 Å². The quantitative estimate of drug-likeness (QED) is 0.946. The van der Waals surface area contributed by atoms with Crippen LogP contribution in [0.4, 0.5) is 0 Å². The van der Waals surface area contributed by atoms with Crippen molar-refractivity contribution in [1.29, 1.82) is 0 Å². The van der Waals surface area contributed by atoms with Gasteiger partial charge in [0.1, 0.15) is 0 Å². The molecule has 0 amide bonds. The van der Waals surface area contributed by atoms with Crippen LogP contribution >= 0.6 is 27.3 Å². The Hall–Kier alpha value is -1.20. The number of aromatic nitrogens is 1.